The molecule has 0 heteroatoms. The van der Waals surface area contributed by atoms with E-state index < -0.39 is 0 Å². The van der Waals surface area contributed by atoms with Crippen molar-refractivity contribution in [2.45, 2.75) is 38.5 Å². The lowest BCUT2D eigenvalue weighted by molar-refractivity contribution is 0.621. The molecule has 0 aromatic heterocycles. The molecule has 12 heavy (non-hydrogen) atoms. The van der Waals surface area contributed by atoms with E-state index in [1.807, 2.05) is 12.2 Å². The van der Waals surface area contributed by atoms with E-state index in [4.69, 9.17) is 0 Å². The van der Waals surface area contributed by atoms with Crippen molar-refractivity contribution in [3.8, 4) is 0 Å². The van der Waals surface area contributed by atoms with Crippen LogP contribution in [0, 0.1) is 0 Å². The molecule has 0 saturated heterocycles. The van der Waals surface area contributed by atoms with Gasteiger partial charge in [0, 0.05) is 0 Å². The van der Waals surface area contributed by atoms with Crippen molar-refractivity contribution in [2.75, 3.05) is 0 Å². The Morgan fingerprint density at radius 2 is 1.17 bits per heavy atom. The lowest BCUT2D eigenvalue weighted by Crippen LogP contribution is -1.93. The van der Waals surface area contributed by atoms with Crippen LogP contribution in [0.15, 0.2) is 36.5 Å². The van der Waals surface area contributed by atoms with Crippen molar-refractivity contribution in [1.82, 2.24) is 0 Å². The highest BCUT2D eigenvalue weighted by atomic mass is 14.1. The summed E-state index contributed by atoms with van der Waals surface area (Å²) in [4.78, 5) is 0. The van der Waals surface area contributed by atoms with Crippen LogP contribution in [0.3, 0.4) is 0 Å². The predicted molar refractivity (Wildman–Crippen MR) is 55.1 cm³/mol. The SMILES string of the molecule is C=CC1=C(C=C)CCCCCC1. The molecule has 0 aliphatic heterocycles. The molecule has 0 nitrogen and oxygen atoms in total. The second kappa shape index (κ2) is 4.97. The third kappa shape index (κ3) is 2.37. The summed E-state index contributed by atoms with van der Waals surface area (Å²) in [5.74, 6) is 0. The molecule has 0 unspecified atom stereocenters. The van der Waals surface area contributed by atoms with Crippen LogP contribution in [0.4, 0.5) is 0 Å². The number of allylic oxidation sites excluding steroid dienone is 4. The van der Waals surface area contributed by atoms with E-state index >= 15 is 0 Å². The van der Waals surface area contributed by atoms with Crippen LogP contribution in [0.25, 0.3) is 0 Å². The van der Waals surface area contributed by atoms with Crippen LogP contribution in [0.2, 0.25) is 0 Å². The standard InChI is InChI=1S/C12H18/c1-3-11-9-7-5-6-8-10-12(11)4-2/h3-4H,1-2,5-10H2. The van der Waals surface area contributed by atoms with E-state index in [1.165, 1.54) is 49.7 Å². The zero-order valence-electron chi connectivity index (χ0n) is 7.81. The van der Waals surface area contributed by atoms with Gasteiger partial charge in [-0.3, -0.25) is 0 Å². The van der Waals surface area contributed by atoms with Crippen LogP contribution < -0.4 is 0 Å². The number of hydrogen-bond acceptors (Lipinski definition) is 0. The van der Waals surface area contributed by atoms with Gasteiger partial charge in [0.2, 0.25) is 0 Å². The van der Waals surface area contributed by atoms with Gasteiger partial charge in [-0.25, -0.2) is 0 Å². The van der Waals surface area contributed by atoms with Crippen LogP contribution in [0.1, 0.15) is 38.5 Å². The normalized spacial score (nSPS) is 19.7. The summed E-state index contributed by atoms with van der Waals surface area (Å²) in [5.41, 5.74) is 2.84. The van der Waals surface area contributed by atoms with Crippen LogP contribution in [-0.2, 0) is 0 Å². The zero-order valence-corrected chi connectivity index (χ0v) is 7.81. The molecule has 0 atom stereocenters. The van der Waals surface area contributed by atoms with Gasteiger partial charge in [-0.1, -0.05) is 38.2 Å². The van der Waals surface area contributed by atoms with Gasteiger partial charge < -0.3 is 0 Å². The van der Waals surface area contributed by atoms with Gasteiger partial charge in [0.25, 0.3) is 0 Å². The fourth-order valence-electron chi connectivity index (χ4n) is 1.77. The highest BCUT2D eigenvalue weighted by molar-refractivity contribution is 5.31. The summed E-state index contributed by atoms with van der Waals surface area (Å²) < 4.78 is 0. The van der Waals surface area contributed by atoms with Crippen LogP contribution in [0.5, 0.6) is 0 Å². The lowest BCUT2D eigenvalue weighted by Gasteiger charge is -2.12. The maximum atomic E-state index is 3.85. The Morgan fingerprint density at radius 1 is 0.750 bits per heavy atom. The number of rotatable bonds is 2. The highest BCUT2D eigenvalue weighted by Crippen LogP contribution is 2.23. The predicted octanol–water partition coefficient (Wildman–Crippen LogP) is 4.01. The van der Waals surface area contributed by atoms with Crippen molar-refractivity contribution in [2.24, 2.45) is 0 Å². The van der Waals surface area contributed by atoms with Crippen molar-refractivity contribution in [3.63, 3.8) is 0 Å². The third-order valence-corrected chi connectivity index (χ3v) is 2.55. The molecule has 0 saturated carbocycles. The van der Waals surface area contributed by atoms with E-state index in [-0.39, 0.29) is 0 Å². The minimum Gasteiger partial charge on any atom is -0.0988 e. The molecule has 0 aromatic rings. The smallest absolute Gasteiger partial charge is 0.0276 e. The molecule has 1 rings (SSSR count). The summed E-state index contributed by atoms with van der Waals surface area (Å²) in [6.45, 7) is 7.70. The van der Waals surface area contributed by atoms with Gasteiger partial charge in [0.15, 0.2) is 0 Å². The van der Waals surface area contributed by atoms with Gasteiger partial charge in [0.05, 0.1) is 0 Å². The monoisotopic (exact) mass is 162 g/mol. The van der Waals surface area contributed by atoms with Gasteiger partial charge in [-0.2, -0.15) is 0 Å². The molecule has 0 radical (unpaired) electrons. The molecule has 0 N–H and O–H groups in total. The second-order valence-corrected chi connectivity index (χ2v) is 3.37. The Morgan fingerprint density at radius 3 is 1.50 bits per heavy atom. The van der Waals surface area contributed by atoms with Crippen molar-refractivity contribution >= 4 is 0 Å². The number of hydrogen-bond donors (Lipinski definition) is 0. The van der Waals surface area contributed by atoms with E-state index in [9.17, 15) is 0 Å². The maximum Gasteiger partial charge on any atom is -0.0276 e. The van der Waals surface area contributed by atoms with E-state index in [0.717, 1.165) is 0 Å². The fraction of sp³-hybridized carbons (Fsp3) is 0.500. The van der Waals surface area contributed by atoms with Crippen molar-refractivity contribution in [1.29, 1.82) is 0 Å². The second-order valence-electron chi connectivity index (χ2n) is 3.37. The zero-order chi connectivity index (χ0) is 8.81. The first-order valence-corrected chi connectivity index (χ1v) is 4.85. The summed E-state index contributed by atoms with van der Waals surface area (Å²) in [7, 11) is 0. The maximum absolute atomic E-state index is 3.85. The van der Waals surface area contributed by atoms with Gasteiger partial charge in [-0.15, -0.1) is 0 Å². The summed E-state index contributed by atoms with van der Waals surface area (Å²) in [6.07, 6.45) is 11.8. The minimum atomic E-state index is 1.20. The summed E-state index contributed by atoms with van der Waals surface area (Å²) in [5, 5.41) is 0. The Balaban J connectivity index is 2.76. The van der Waals surface area contributed by atoms with Crippen molar-refractivity contribution < 1.29 is 0 Å². The molecule has 0 amide bonds. The first kappa shape index (κ1) is 9.31. The van der Waals surface area contributed by atoms with Crippen molar-refractivity contribution in [3.05, 3.63) is 36.5 Å². The van der Waals surface area contributed by atoms with E-state index in [2.05, 4.69) is 13.2 Å². The quantitative estimate of drug-likeness (QED) is 0.575. The van der Waals surface area contributed by atoms with E-state index in [0.29, 0.717) is 0 Å². The lowest BCUT2D eigenvalue weighted by atomic mass is 9.93. The molecule has 0 bridgehead atoms. The van der Waals surface area contributed by atoms with Gasteiger partial charge >= 0.3 is 0 Å². The minimum absolute atomic E-state index is 1.20. The Labute approximate surface area is 75.7 Å². The molecule has 0 fully saturated rings. The Kier molecular flexibility index (Phi) is 3.86. The fourth-order valence-corrected chi connectivity index (χ4v) is 1.77. The topological polar surface area (TPSA) is 0 Å². The summed E-state index contributed by atoms with van der Waals surface area (Å²) >= 11 is 0. The molecular weight excluding hydrogens is 144 g/mol. The average Bonchev–Trinajstić information content (AvgIpc) is 2.05. The third-order valence-electron chi connectivity index (χ3n) is 2.55. The molecule has 1 aliphatic rings. The molecule has 0 spiro atoms. The molecule has 1 aliphatic carbocycles. The Hall–Kier alpha value is -0.780. The first-order chi connectivity index (χ1) is 5.88. The van der Waals surface area contributed by atoms with E-state index in [1.54, 1.807) is 0 Å². The van der Waals surface area contributed by atoms with Gasteiger partial charge in [0.1, 0.15) is 0 Å². The largest absolute Gasteiger partial charge is 0.0988 e. The Bertz CT molecular complexity index is 174. The first-order valence-electron chi connectivity index (χ1n) is 4.85. The molecule has 66 valence electrons. The molecule has 0 aromatic carbocycles. The van der Waals surface area contributed by atoms with Gasteiger partial charge in [-0.05, 0) is 36.8 Å². The summed E-state index contributed by atoms with van der Waals surface area (Å²) in [6, 6.07) is 0. The highest BCUT2D eigenvalue weighted by Gasteiger charge is 2.04. The van der Waals surface area contributed by atoms with Crippen LogP contribution in [-0.4, -0.2) is 0 Å². The molecular formula is C12H18. The average molecular weight is 162 g/mol. The van der Waals surface area contributed by atoms with Crippen LogP contribution >= 0.6 is 0 Å². The molecule has 0 heterocycles.